The average Bonchev–Trinajstić information content (AvgIpc) is 2.54. The first-order valence-corrected chi connectivity index (χ1v) is 8.67. The zero-order chi connectivity index (χ0) is 20.2. The molecule has 0 saturated carbocycles. The fourth-order valence-electron chi connectivity index (χ4n) is 2.17. The number of aryl methyl sites for hydroxylation is 1. The van der Waals surface area contributed by atoms with Gasteiger partial charge >= 0.3 is 6.18 Å². The standard InChI is InChI=1S/C17H12F5N3OS/c1-10-5-13(19)14(7-15(10)27(26)8-17(20,21)22)25-16(24-9-23)11-3-2-4-12(18)6-11/h2-7H,8H2,1H3,(H,24,25). The SMILES string of the molecule is Cc1cc(F)c(N=C(NC#N)c2cccc(F)c2)cc1S(=O)CC(F)(F)F. The zero-order valence-corrected chi connectivity index (χ0v) is 14.6. The van der Waals surface area contributed by atoms with Crippen molar-refractivity contribution >= 4 is 22.3 Å². The lowest BCUT2D eigenvalue weighted by Crippen LogP contribution is -2.20. The van der Waals surface area contributed by atoms with E-state index in [9.17, 15) is 26.2 Å². The molecular weight excluding hydrogens is 389 g/mol. The maximum atomic E-state index is 14.2. The second-order valence-corrected chi connectivity index (χ2v) is 6.80. The van der Waals surface area contributed by atoms with E-state index in [-0.39, 0.29) is 21.9 Å². The number of nitriles is 1. The number of aliphatic imine (C=N–C) groups is 1. The van der Waals surface area contributed by atoms with Crippen molar-refractivity contribution in [3.05, 3.63) is 59.2 Å². The van der Waals surface area contributed by atoms with Crippen LogP contribution in [-0.2, 0) is 10.8 Å². The molecule has 10 heteroatoms. The van der Waals surface area contributed by atoms with Crippen LogP contribution in [-0.4, -0.2) is 22.0 Å². The summed E-state index contributed by atoms with van der Waals surface area (Å²) < 4.78 is 77.1. The summed E-state index contributed by atoms with van der Waals surface area (Å²) in [7, 11) is -2.46. The number of benzene rings is 2. The summed E-state index contributed by atoms with van der Waals surface area (Å²) in [6.45, 7) is 1.32. The van der Waals surface area contributed by atoms with Crippen molar-refractivity contribution in [3.63, 3.8) is 0 Å². The lowest BCUT2D eigenvalue weighted by atomic mass is 10.2. The Morgan fingerprint density at radius 1 is 1.26 bits per heavy atom. The average molecular weight is 401 g/mol. The van der Waals surface area contributed by atoms with Gasteiger partial charge in [-0.15, -0.1) is 0 Å². The first kappa shape index (κ1) is 20.5. The minimum absolute atomic E-state index is 0.0644. The molecule has 142 valence electrons. The van der Waals surface area contributed by atoms with Gasteiger partial charge in [-0.2, -0.15) is 18.4 Å². The Morgan fingerprint density at radius 2 is 1.96 bits per heavy atom. The summed E-state index contributed by atoms with van der Waals surface area (Å²) in [5.74, 6) is -3.33. The van der Waals surface area contributed by atoms with E-state index in [0.29, 0.717) is 0 Å². The molecule has 4 nitrogen and oxygen atoms in total. The maximum Gasteiger partial charge on any atom is 0.400 e. The summed E-state index contributed by atoms with van der Waals surface area (Å²) in [5.41, 5.74) is -0.253. The Hall–Kier alpha value is -2.80. The maximum absolute atomic E-state index is 14.2. The van der Waals surface area contributed by atoms with Crippen LogP contribution < -0.4 is 5.32 Å². The van der Waals surface area contributed by atoms with E-state index in [1.807, 2.05) is 0 Å². The van der Waals surface area contributed by atoms with Gasteiger partial charge in [0, 0.05) is 10.5 Å². The van der Waals surface area contributed by atoms with Crippen LogP contribution in [0.2, 0.25) is 0 Å². The molecule has 1 unspecified atom stereocenters. The minimum Gasteiger partial charge on any atom is -0.276 e. The first-order valence-electron chi connectivity index (χ1n) is 7.35. The Balaban J connectivity index is 2.53. The van der Waals surface area contributed by atoms with Crippen LogP contribution in [0.5, 0.6) is 0 Å². The van der Waals surface area contributed by atoms with Gasteiger partial charge in [-0.05, 0) is 36.8 Å². The molecule has 1 atom stereocenters. The lowest BCUT2D eigenvalue weighted by molar-refractivity contribution is -0.105. The quantitative estimate of drug-likeness (QED) is 0.276. The molecule has 0 saturated heterocycles. The van der Waals surface area contributed by atoms with Gasteiger partial charge in [0.25, 0.3) is 0 Å². The van der Waals surface area contributed by atoms with E-state index >= 15 is 0 Å². The van der Waals surface area contributed by atoms with Crippen LogP contribution in [0.4, 0.5) is 27.6 Å². The Morgan fingerprint density at radius 3 is 2.56 bits per heavy atom. The molecule has 2 aromatic rings. The van der Waals surface area contributed by atoms with E-state index in [1.54, 1.807) is 6.19 Å². The van der Waals surface area contributed by atoms with Crippen molar-refractivity contribution in [2.75, 3.05) is 5.75 Å². The van der Waals surface area contributed by atoms with Gasteiger partial charge < -0.3 is 0 Å². The second kappa shape index (κ2) is 8.26. The third kappa shape index (κ3) is 5.59. The third-order valence-corrected chi connectivity index (χ3v) is 4.81. The third-order valence-electron chi connectivity index (χ3n) is 3.29. The van der Waals surface area contributed by atoms with Crippen molar-refractivity contribution in [2.24, 2.45) is 4.99 Å². The first-order chi connectivity index (χ1) is 12.6. The van der Waals surface area contributed by atoms with Gasteiger partial charge in [0.1, 0.15) is 28.9 Å². The predicted octanol–water partition coefficient (Wildman–Crippen LogP) is 4.09. The van der Waals surface area contributed by atoms with Crippen LogP contribution in [0.3, 0.4) is 0 Å². The normalized spacial score (nSPS) is 13.1. The molecule has 0 spiro atoms. The second-order valence-electron chi connectivity index (χ2n) is 5.38. The van der Waals surface area contributed by atoms with Gasteiger partial charge in [-0.3, -0.25) is 9.53 Å². The van der Waals surface area contributed by atoms with E-state index < -0.39 is 40.1 Å². The van der Waals surface area contributed by atoms with Gasteiger partial charge in [0.15, 0.2) is 6.19 Å². The van der Waals surface area contributed by atoms with Crippen molar-refractivity contribution in [2.45, 2.75) is 18.0 Å². The minimum atomic E-state index is -4.66. The van der Waals surface area contributed by atoms with E-state index in [4.69, 9.17) is 5.26 Å². The topological polar surface area (TPSA) is 65.2 Å². The van der Waals surface area contributed by atoms with Crippen LogP contribution in [0.1, 0.15) is 11.1 Å². The molecule has 0 fully saturated rings. The summed E-state index contributed by atoms with van der Waals surface area (Å²) in [6.07, 6.45) is -3.09. The Bertz CT molecular complexity index is 951. The molecule has 2 rings (SSSR count). The molecule has 2 aromatic carbocycles. The molecule has 0 aliphatic heterocycles. The van der Waals surface area contributed by atoms with Crippen LogP contribution in [0.25, 0.3) is 0 Å². The molecule has 1 N–H and O–H groups in total. The highest BCUT2D eigenvalue weighted by Crippen LogP contribution is 2.28. The summed E-state index contributed by atoms with van der Waals surface area (Å²) in [4.78, 5) is 3.63. The zero-order valence-electron chi connectivity index (χ0n) is 13.8. The monoisotopic (exact) mass is 401 g/mol. The molecule has 0 aliphatic carbocycles. The van der Waals surface area contributed by atoms with Crippen LogP contribution in [0.15, 0.2) is 46.3 Å². The van der Waals surface area contributed by atoms with Gasteiger partial charge in [0.2, 0.25) is 0 Å². The predicted molar refractivity (Wildman–Crippen MR) is 89.8 cm³/mol. The summed E-state index contributed by atoms with van der Waals surface area (Å²) >= 11 is 0. The molecule has 0 heterocycles. The number of hydrogen-bond acceptors (Lipinski definition) is 3. The van der Waals surface area contributed by atoms with Gasteiger partial charge in [-0.25, -0.2) is 13.8 Å². The van der Waals surface area contributed by atoms with E-state index in [0.717, 1.165) is 24.3 Å². The molecular formula is C17H12F5N3OS. The lowest BCUT2D eigenvalue weighted by Gasteiger charge is -2.11. The fraction of sp³-hybridized carbons (Fsp3) is 0.176. The molecule has 0 radical (unpaired) electrons. The van der Waals surface area contributed by atoms with Gasteiger partial charge in [0.05, 0.1) is 10.8 Å². The fourth-order valence-corrected chi connectivity index (χ4v) is 3.29. The Labute approximate surface area is 153 Å². The number of alkyl halides is 3. The molecule has 27 heavy (non-hydrogen) atoms. The van der Waals surface area contributed by atoms with Gasteiger partial charge in [-0.1, -0.05) is 12.1 Å². The Kier molecular flexibility index (Phi) is 6.28. The molecule has 0 aliphatic rings. The smallest absolute Gasteiger partial charge is 0.276 e. The molecule has 0 bridgehead atoms. The number of hydrogen-bond donors (Lipinski definition) is 1. The van der Waals surface area contributed by atoms with Crippen LogP contribution in [0, 0.1) is 30.0 Å². The van der Waals surface area contributed by atoms with Crippen LogP contribution >= 0.6 is 0 Å². The number of rotatable bonds is 4. The van der Waals surface area contributed by atoms with Crippen molar-refractivity contribution < 1.29 is 26.2 Å². The van der Waals surface area contributed by atoms with E-state index in [2.05, 4.69) is 10.3 Å². The molecule has 0 amide bonds. The number of amidine groups is 1. The number of halogens is 5. The highest BCUT2D eigenvalue weighted by Gasteiger charge is 2.31. The summed E-state index contributed by atoms with van der Waals surface area (Å²) in [5, 5.41) is 11.0. The molecule has 0 aromatic heterocycles. The van der Waals surface area contributed by atoms with Crippen molar-refractivity contribution in [1.29, 1.82) is 5.26 Å². The largest absolute Gasteiger partial charge is 0.400 e. The van der Waals surface area contributed by atoms with Crippen molar-refractivity contribution in [3.8, 4) is 6.19 Å². The number of nitrogens with zero attached hydrogens (tertiary/aromatic N) is 2. The number of nitrogens with one attached hydrogen (secondary N) is 1. The van der Waals surface area contributed by atoms with E-state index in [1.165, 1.54) is 19.1 Å². The summed E-state index contributed by atoms with van der Waals surface area (Å²) in [6, 6.07) is 6.76. The highest BCUT2D eigenvalue weighted by molar-refractivity contribution is 7.85. The van der Waals surface area contributed by atoms with Crippen molar-refractivity contribution in [1.82, 2.24) is 5.32 Å². The highest BCUT2D eigenvalue weighted by atomic mass is 32.2.